The highest BCUT2D eigenvalue weighted by atomic mass is 32.2. The second kappa shape index (κ2) is 8.96. The third-order valence-corrected chi connectivity index (χ3v) is 5.22. The number of nitriles is 1. The molecular formula is C19H22N4O6S. The van der Waals surface area contributed by atoms with Crippen LogP contribution >= 0.6 is 0 Å². The number of hydrogen-bond acceptors (Lipinski definition) is 9. The first-order valence-electron chi connectivity index (χ1n) is 8.73. The molecule has 0 N–H and O–H groups in total. The van der Waals surface area contributed by atoms with Crippen LogP contribution in [-0.4, -0.2) is 48.5 Å². The van der Waals surface area contributed by atoms with Gasteiger partial charge in [-0.1, -0.05) is 12.1 Å². The Kier molecular flexibility index (Phi) is 6.84. The van der Waals surface area contributed by atoms with Crippen LogP contribution in [0.4, 0.5) is 4.79 Å². The molecule has 0 spiro atoms. The van der Waals surface area contributed by atoms with E-state index in [1.807, 2.05) is 6.07 Å². The Bertz CT molecular complexity index is 1060. The van der Waals surface area contributed by atoms with Crippen molar-refractivity contribution in [3.05, 3.63) is 41.6 Å². The number of aromatic nitrogens is 2. The summed E-state index contributed by atoms with van der Waals surface area (Å²) in [6.45, 7) is 4.95. The number of benzene rings is 1. The number of ether oxygens (including phenoxy) is 3. The van der Waals surface area contributed by atoms with Crippen LogP contribution in [0.15, 0.2) is 30.3 Å². The van der Waals surface area contributed by atoms with Crippen molar-refractivity contribution in [3.63, 3.8) is 0 Å². The number of nitrogens with zero attached hydrogens (tertiary/aromatic N) is 4. The van der Waals surface area contributed by atoms with Crippen molar-refractivity contribution in [2.45, 2.75) is 32.1 Å². The SMILES string of the molecule is COc1nc(C#N)cc(Oc2ccc(CS(=O)(=O)N(C)C(=O)OC(C)(C)C)cc2)n1. The molecule has 0 fully saturated rings. The fraction of sp³-hybridized carbons (Fsp3) is 0.368. The van der Waals surface area contributed by atoms with Gasteiger partial charge in [0.15, 0.2) is 5.69 Å². The number of methoxy groups -OCH3 is 1. The number of carbonyl (C=O) groups excluding carboxylic acids is 1. The van der Waals surface area contributed by atoms with Gasteiger partial charge in [0.05, 0.1) is 12.9 Å². The average Bonchev–Trinajstić information content (AvgIpc) is 2.67. The molecule has 1 heterocycles. The lowest BCUT2D eigenvalue weighted by atomic mass is 10.2. The van der Waals surface area contributed by atoms with Crippen LogP contribution in [-0.2, 0) is 20.5 Å². The lowest BCUT2D eigenvalue weighted by Gasteiger charge is -2.24. The van der Waals surface area contributed by atoms with E-state index in [4.69, 9.17) is 19.5 Å². The molecule has 11 heteroatoms. The van der Waals surface area contributed by atoms with Gasteiger partial charge in [-0.05, 0) is 38.5 Å². The smallest absolute Gasteiger partial charge is 0.423 e. The molecule has 1 amide bonds. The quantitative estimate of drug-likeness (QED) is 0.673. The molecule has 0 unspecified atom stereocenters. The lowest BCUT2D eigenvalue weighted by molar-refractivity contribution is 0.0420. The molecule has 0 saturated carbocycles. The van der Waals surface area contributed by atoms with E-state index in [2.05, 4.69) is 9.97 Å². The number of carbonyl (C=O) groups is 1. The maximum Gasteiger partial charge on any atom is 0.423 e. The zero-order chi connectivity index (χ0) is 22.5. The minimum Gasteiger partial charge on any atom is -0.467 e. The molecule has 2 aromatic rings. The summed E-state index contributed by atoms with van der Waals surface area (Å²) in [6.07, 6.45) is -0.951. The summed E-state index contributed by atoms with van der Waals surface area (Å²) in [6, 6.07) is 9.37. The van der Waals surface area contributed by atoms with E-state index in [-0.39, 0.29) is 17.6 Å². The van der Waals surface area contributed by atoms with Gasteiger partial charge in [-0.15, -0.1) is 0 Å². The van der Waals surface area contributed by atoms with Crippen molar-refractivity contribution >= 4 is 16.1 Å². The molecule has 160 valence electrons. The van der Waals surface area contributed by atoms with E-state index in [1.54, 1.807) is 45.0 Å². The molecule has 0 radical (unpaired) electrons. The summed E-state index contributed by atoms with van der Waals surface area (Å²) in [5.74, 6) is 0.0628. The van der Waals surface area contributed by atoms with Crippen LogP contribution in [0.2, 0.25) is 0 Å². The Labute approximate surface area is 175 Å². The summed E-state index contributed by atoms with van der Waals surface area (Å²) in [5.41, 5.74) is -0.296. The van der Waals surface area contributed by atoms with E-state index in [1.165, 1.54) is 13.2 Å². The fourth-order valence-electron chi connectivity index (χ4n) is 2.13. The van der Waals surface area contributed by atoms with Crippen molar-refractivity contribution in [1.29, 1.82) is 5.26 Å². The largest absolute Gasteiger partial charge is 0.467 e. The summed E-state index contributed by atoms with van der Waals surface area (Å²) in [4.78, 5) is 19.8. The Balaban J connectivity index is 2.11. The summed E-state index contributed by atoms with van der Waals surface area (Å²) < 4.78 is 41.1. The Morgan fingerprint density at radius 2 is 1.83 bits per heavy atom. The Hall–Kier alpha value is -3.39. The monoisotopic (exact) mass is 434 g/mol. The molecule has 0 aliphatic heterocycles. The molecule has 0 aliphatic carbocycles. The molecule has 2 rings (SSSR count). The number of amides is 1. The van der Waals surface area contributed by atoms with E-state index >= 15 is 0 Å². The maximum absolute atomic E-state index is 12.5. The maximum atomic E-state index is 12.5. The van der Waals surface area contributed by atoms with Crippen molar-refractivity contribution in [2.24, 2.45) is 0 Å². The van der Waals surface area contributed by atoms with Crippen LogP contribution in [0.25, 0.3) is 0 Å². The Morgan fingerprint density at radius 1 is 1.20 bits per heavy atom. The third-order valence-electron chi connectivity index (χ3n) is 3.54. The lowest BCUT2D eigenvalue weighted by Crippen LogP contribution is -2.38. The molecular weight excluding hydrogens is 412 g/mol. The highest BCUT2D eigenvalue weighted by Crippen LogP contribution is 2.23. The zero-order valence-corrected chi connectivity index (χ0v) is 18.1. The standard InChI is InChI=1S/C19H22N4O6S/c1-19(2,3)29-18(24)23(4)30(25,26)12-13-6-8-15(9-7-13)28-16-10-14(11-20)21-17(22-16)27-5/h6-10H,12H2,1-5H3. The first-order chi connectivity index (χ1) is 13.9. The average molecular weight is 434 g/mol. The second-order valence-electron chi connectivity index (χ2n) is 7.14. The van der Waals surface area contributed by atoms with Gasteiger partial charge >= 0.3 is 12.1 Å². The van der Waals surface area contributed by atoms with Crippen LogP contribution < -0.4 is 9.47 Å². The molecule has 0 bridgehead atoms. The summed E-state index contributed by atoms with van der Waals surface area (Å²) in [7, 11) is -1.42. The molecule has 30 heavy (non-hydrogen) atoms. The highest BCUT2D eigenvalue weighted by molar-refractivity contribution is 7.88. The van der Waals surface area contributed by atoms with E-state index in [9.17, 15) is 13.2 Å². The zero-order valence-electron chi connectivity index (χ0n) is 17.2. The molecule has 0 saturated heterocycles. The summed E-state index contributed by atoms with van der Waals surface area (Å²) >= 11 is 0. The molecule has 1 aromatic carbocycles. The predicted molar refractivity (Wildman–Crippen MR) is 106 cm³/mol. The molecule has 10 nitrogen and oxygen atoms in total. The second-order valence-corrected chi connectivity index (χ2v) is 9.14. The van der Waals surface area contributed by atoms with Crippen molar-refractivity contribution in [2.75, 3.05) is 14.2 Å². The number of rotatable bonds is 6. The minimum atomic E-state index is -3.93. The topological polar surface area (TPSA) is 132 Å². The minimum absolute atomic E-state index is 0.0167. The predicted octanol–water partition coefficient (Wildman–Crippen LogP) is 2.85. The van der Waals surface area contributed by atoms with Gasteiger partial charge in [-0.25, -0.2) is 17.5 Å². The fourth-order valence-corrected chi connectivity index (χ4v) is 3.20. The van der Waals surface area contributed by atoms with Crippen LogP contribution in [0, 0.1) is 11.3 Å². The van der Waals surface area contributed by atoms with Gasteiger partial charge in [0.2, 0.25) is 15.9 Å². The first kappa shape index (κ1) is 22.9. The third kappa shape index (κ3) is 6.31. The highest BCUT2D eigenvalue weighted by Gasteiger charge is 2.28. The van der Waals surface area contributed by atoms with Gasteiger partial charge < -0.3 is 14.2 Å². The number of hydrogen-bond donors (Lipinski definition) is 0. The van der Waals surface area contributed by atoms with Gasteiger partial charge in [0.25, 0.3) is 0 Å². The van der Waals surface area contributed by atoms with Gasteiger partial charge in [0, 0.05) is 13.1 Å². The van der Waals surface area contributed by atoms with Crippen molar-refractivity contribution in [1.82, 2.24) is 14.3 Å². The normalized spacial score (nSPS) is 11.3. The Morgan fingerprint density at radius 3 is 2.37 bits per heavy atom. The van der Waals surface area contributed by atoms with Crippen molar-refractivity contribution < 1.29 is 27.4 Å². The molecule has 1 aromatic heterocycles. The molecule has 0 aliphatic rings. The van der Waals surface area contributed by atoms with Crippen LogP contribution in [0.5, 0.6) is 17.6 Å². The van der Waals surface area contributed by atoms with Gasteiger partial charge in [-0.3, -0.25) is 0 Å². The molecule has 0 atom stereocenters. The van der Waals surface area contributed by atoms with E-state index < -0.39 is 27.5 Å². The summed E-state index contributed by atoms with van der Waals surface area (Å²) in [5, 5.41) is 8.99. The first-order valence-corrected chi connectivity index (χ1v) is 10.3. The van der Waals surface area contributed by atoms with E-state index in [0.29, 0.717) is 15.6 Å². The van der Waals surface area contributed by atoms with E-state index in [0.717, 1.165) is 7.05 Å². The van der Waals surface area contributed by atoms with Gasteiger partial charge in [0.1, 0.15) is 17.4 Å². The van der Waals surface area contributed by atoms with Crippen molar-refractivity contribution in [3.8, 4) is 23.7 Å². The van der Waals surface area contributed by atoms with Crippen LogP contribution in [0.1, 0.15) is 32.0 Å². The van der Waals surface area contributed by atoms with Gasteiger partial charge in [-0.2, -0.15) is 15.2 Å². The van der Waals surface area contributed by atoms with Crippen LogP contribution in [0.3, 0.4) is 0 Å². The number of sulfonamides is 1.